The van der Waals surface area contributed by atoms with Crippen LogP contribution in [-0.2, 0) is 6.18 Å². The van der Waals surface area contributed by atoms with Gasteiger partial charge in [0.15, 0.2) is 0 Å². The van der Waals surface area contributed by atoms with E-state index in [0.29, 0.717) is 23.0 Å². The third kappa shape index (κ3) is 4.54. The summed E-state index contributed by atoms with van der Waals surface area (Å²) in [5.41, 5.74) is 0.383. The van der Waals surface area contributed by atoms with E-state index in [2.05, 4.69) is 20.6 Å². The first-order valence-electron chi connectivity index (χ1n) is 7.46. The van der Waals surface area contributed by atoms with Crippen molar-refractivity contribution in [1.82, 2.24) is 9.97 Å². The highest BCUT2D eigenvalue weighted by Crippen LogP contribution is 2.36. The van der Waals surface area contributed by atoms with Gasteiger partial charge in [0.1, 0.15) is 0 Å². The molecule has 1 aromatic carbocycles. The zero-order valence-electron chi connectivity index (χ0n) is 14.5. The number of aromatic nitrogens is 2. The minimum absolute atomic E-state index is 0.0413. The molecule has 1 heterocycles. The number of urea groups is 1. The first-order chi connectivity index (χ1) is 12.0. The van der Waals surface area contributed by atoms with E-state index in [-0.39, 0.29) is 5.69 Å². The number of aryl methyl sites for hydroxylation is 2. The lowest BCUT2D eigenvalue weighted by molar-refractivity contribution is -0.137. The van der Waals surface area contributed by atoms with Gasteiger partial charge in [0.2, 0.25) is 5.95 Å². The molecule has 0 aliphatic heterocycles. The monoisotopic (exact) mass is 387 g/mol. The molecule has 26 heavy (non-hydrogen) atoms. The molecule has 0 saturated heterocycles. The van der Waals surface area contributed by atoms with Crippen LogP contribution in [0.3, 0.4) is 0 Å². The van der Waals surface area contributed by atoms with Crippen LogP contribution in [0.5, 0.6) is 0 Å². The Morgan fingerprint density at radius 1 is 1.12 bits per heavy atom. The topological polar surface area (TPSA) is 70.2 Å². The normalized spacial score (nSPS) is 11.2. The van der Waals surface area contributed by atoms with Crippen LogP contribution in [0.25, 0.3) is 0 Å². The molecule has 0 aliphatic carbocycles. The number of hydrogen-bond acceptors (Lipinski definition) is 4. The predicted molar refractivity (Wildman–Crippen MR) is 94.9 cm³/mol. The Bertz CT molecular complexity index is 816. The molecule has 0 atom stereocenters. The van der Waals surface area contributed by atoms with Gasteiger partial charge in [-0.1, -0.05) is 11.6 Å². The zero-order chi connectivity index (χ0) is 19.6. The van der Waals surface area contributed by atoms with Gasteiger partial charge >= 0.3 is 12.2 Å². The molecule has 0 radical (unpaired) electrons. The standard InChI is InChI=1S/C16H17ClF3N5O/c1-8-13(9(2)22-14(21-8)25(3)4)24-15(26)23-10-5-6-12(17)11(7-10)16(18,19)20/h5-7H,1-4H3,(H2,23,24,26). The van der Waals surface area contributed by atoms with E-state index in [1.807, 2.05) is 0 Å². The molecule has 6 nitrogen and oxygen atoms in total. The quantitative estimate of drug-likeness (QED) is 0.814. The average molecular weight is 388 g/mol. The lowest BCUT2D eigenvalue weighted by Gasteiger charge is -2.16. The zero-order valence-corrected chi connectivity index (χ0v) is 15.2. The summed E-state index contributed by atoms with van der Waals surface area (Å²) in [5, 5.41) is 4.46. The molecule has 0 aliphatic rings. The van der Waals surface area contributed by atoms with Gasteiger partial charge in [-0.2, -0.15) is 13.2 Å². The summed E-state index contributed by atoms with van der Waals surface area (Å²) < 4.78 is 38.7. The molecular formula is C16H17ClF3N5O. The van der Waals surface area contributed by atoms with Crippen molar-refractivity contribution in [3.63, 3.8) is 0 Å². The molecule has 2 aromatic rings. The maximum atomic E-state index is 12.9. The van der Waals surface area contributed by atoms with Gasteiger partial charge in [-0.05, 0) is 32.0 Å². The molecule has 0 fully saturated rings. The van der Waals surface area contributed by atoms with Gasteiger partial charge in [-0.15, -0.1) is 0 Å². The molecule has 2 amide bonds. The third-order valence-electron chi connectivity index (χ3n) is 3.43. The molecule has 2 N–H and O–H groups in total. The summed E-state index contributed by atoms with van der Waals surface area (Å²) in [6, 6.07) is 2.41. The van der Waals surface area contributed by atoms with Crippen LogP contribution in [0.15, 0.2) is 18.2 Å². The highest BCUT2D eigenvalue weighted by Gasteiger charge is 2.33. The Morgan fingerprint density at radius 2 is 1.69 bits per heavy atom. The summed E-state index contributed by atoms with van der Waals surface area (Å²) in [4.78, 5) is 22.4. The summed E-state index contributed by atoms with van der Waals surface area (Å²) in [7, 11) is 3.57. The number of nitrogens with one attached hydrogen (secondary N) is 2. The number of alkyl halides is 3. The third-order valence-corrected chi connectivity index (χ3v) is 3.76. The lowest BCUT2D eigenvalue weighted by Crippen LogP contribution is -2.22. The van der Waals surface area contributed by atoms with E-state index >= 15 is 0 Å². The van der Waals surface area contributed by atoms with Crippen LogP contribution in [0.1, 0.15) is 17.0 Å². The summed E-state index contributed by atoms with van der Waals surface area (Å²) in [5.74, 6) is 0.485. The maximum Gasteiger partial charge on any atom is 0.417 e. The van der Waals surface area contributed by atoms with Gasteiger partial charge < -0.3 is 15.5 Å². The van der Waals surface area contributed by atoms with Crippen LogP contribution >= 0.6 is 11.6 Å². The Labute approximate surface area is 153 Å². The smallest absolute Gasteiger partial charge is 0.347 e. The molecule has 2 rings (SSSR count). The SMILES string of the molecule is Cc1nc(N(C)C)nc(C)c1NC(=O)Nc1ccc(Cl)c(C(F)(F)F)c1. The van der Waals surface area contributed by atoms with E-state index in [4.69, 9.17) is 11.6 Å². The van der Waals surface area contributed by atoms with Gasteiger partial charge in [0, 0.05) is 19.8 Å². The minimum Gasteiger partial charge on any atom is -0.347 e. The fraction of sp³-hybridized carbons (Fsp3) is 0.312. The maximum absolute atomic E-state index is 12.9. The minimum atomic E-state index is -4.62. The number of anilines is 3. The molecule has 0 spiro atoms. The van der Waals surface area contributed by atoms with Crippen LogP contribution in [-0.4, -0.2) is 30.1 Å². The van der Waals surface area contributed by atoms with Crippen molar-refractivity contribution in [2.75, 3.05) is 29.6 Å². The van der Waals surface area contributed by atoms with Crippen molar-refractivity contribution in [3.8, 4) is 0 Å². The molecule has 0 saturated carbocycles. The average Bonchev–Trinajstić information content (AvgIpc) is 2.51. The Morgan fingerprint density at radius 3 is 2.19 bits per heavy atom. The molecular weight excluding hydrogens is 371 g/mol. The Hall–Kier alpha value is -2.55. The van der Waals surface area contributed by atoms with Crippen LogP contribution in [0.4, 0.5) is 35.3 Å². The van der Waals surface area contributed by atoms with Crippen molar-refractivity contribution < 1.29 is 18.0 Å². The highest BCUT2D eigenvalue weighted by molar-refractivity contribution is 6.31. The second kappa shape index (κ2) is 7.36. The second-order valence-electron chi connectivity index (χ2n) is 5.74. The van der Waals surface area contributed by atoms with Crippen LogP contribution < -0.4 is 15.5 Å². The number of nitrogens with zero attached hydrogens (tertiary/aromatic N) is 3. The number of rotatable bonds is 3. The van der Waals surface area contributed by atoms with Crippen LogP contribution in [0.2, 0.25) is 5.02 Å². The number of benzene rings is 1. The molecule has 0 bridgehead atoms. The van der Waals surface area contributed by atoms with Crippen molar-refractivity contribution in [2.45, 2.75) is 20.0 Å². The summed E-state index contributed by atoms with van der Waals surface area (Å²) in [6.45, 7) is 3.39. The molecule has 0 unspecified atom stereocenters. The fourth-order valence-electron chi connectivity index (χ4n) is 2.18. The van der Waals surface area contributed by atoms with Crippen molar-refractivity contribution in [1.29, 1.82) is 0 Å². The van der Waals surface area contributed by atoms with Gasteiger partial charge in [0.25, 0.3) is 0 Å². The number of halogens is 4. The van der Waals surface area contributed by atoms with Gasteiger partial charge in [0.05, 0.1) is 27.7 Å². The van der Waals surface area contributed by atoms with E-state index in [0.717, 1.165) is 12.1 Å². The predicted octanol–water partition coefficient (Wildman–Crippen LogP) is 4.48. The van der Waals surface area contributed by atoms with Crippen LogP contribution in [0, 0.1) is 13.8 Å². The van der Waals surface area contributed by atoms with Crippen molar-refractivity contribution >= 4 is 35.0 Å². The number of carbonyl (C=O) groups is 1. The number of carbonyl (C=O) groups excluding carboxylic acids is 1. The number of amides is 2. The first kappa shape index (κ1) is 19.8. The summed E-state index contributed by atoms with van der Waals surface area (Å²) >= 11 is 5.56. The van der Waals surface area contributed by atoms with Gasteiger partial charge in [-0.25, -0.2) is 14.8 Å². The van der Waals surface area contributed by atoms with E-state index in [1.54, 1.807) is 32.8 Å². The first-order valence-corrected chi connectivity index (χ1v) is 7.84. The van der Waals surface area contributed by atoms with Crippen molar-refractivity contribution in [3.05, 3.63) is 40.2 Å². The second-order valence-corrected chi connectivity index (χ2v) is 6.14. The molecule has 10 heteroatoms. The number of hydrogen-bond donors (Lipinski definition) is 2. The van der Waals surface area contributed by atoms with E-state index in [1.165, 1.54) is 6.07 Å². The highest BCUT2D eigenvalue weighted by atomic mass is 35.5. The van der Waals surface area contributed by atoms with Crippen molar-refractivity contribution in [2.24, 2.45) is 0 Å². The van der Waals surface area contributed by atoms with E-state index in [9.17, 15) is 18.0 Å². The lowest BCUT2D eigenvalue weighted by atomic mass is 10.2. The summed E-state index contributed by atoms with van der Waals surface area (Å²) in [6.07, 6.45) is -4.62. The Balaban J connectivity index is 2.20. The largest absolute Gasteiger partial charge is 0.417 e. The Kier molecular flexibility index (Phi) is 5.60. The molecule has 1 aromatic heterocycles. The van der Waals surface area contributed by atoms with Gasteiger partial charge in [-0.3, -0.25) is 0 Å². The molecule has 140 valence electrons. The fourth-order valence-corrected chi connectivity index (χ4v) is 2.40. The van der Waals surface area contributed by atoms with E-state index < -0.39 is 22.8 Å².